The summed E-state index contributed by atoms with van der Waals surface area (Å²) in [6.07, 6.45) is 0. The van der Waals surface area contributed by atoms with Crippen molar-refractivity contribution in [2.24, 2.45) is 0 Å². The van der Waals surface area contributed by atoms with Crippen LogP contribution in [0.3, 0.4) is 0 Å². The summed E-state index contributed by atoms with van der Waals surface area (Å²) in [6, 6.07) is 42.1. The van der Waals surface area contributed by atoms with Crippen molar-refractivity contribution in [3.05, 3.63) is 115 Å². The van der Waals surface area contributed by atoms with E-state index in [4.69, 9.17) is 4.42 Å². The Morgan fingerprint density at radius 3 is 1.92 bits per heavy atom. The predicted octanol–water partition coefficient (Wildman–Crippen LogP) is 10.1. The van der Waals surface area contributed by atoms with Crippen LogP contribution in [0.4, 0.5) is 0 Å². The van der Waals surface area contributed by atoms with Crippen LogP contribution in [0.2, 0.25) is 0 Å². The Labute approximate surface area is 216 Å². The van der Waals surface area contributed by atoms with E-state index >= 15 is 0 Å². The lowest BCUT2D eigenvalue weighted by Gasteiger charge is -2.10. The van der Waals surface area contributed by atoms with E-state index in [0.29, 0.717) is 0 Å². The third-order valence-corrected chi connectivity index (χ3v) is 8.66. The maximum absolute atomic E-state index is 6.47. The fraction of sp³-hybridized carbons (Fsp3) is 0. The number of hydrogen-bond acceptors (Lipinski definition) is 1. The van der Waals surface area contributed by atoms with Crippen LogP contribution in [0.25, 0.3) is 92.7 Å². The van der Waals surface area contributed by atoms with Crippen LogP contribution >= 0.6 is 0 Å². The summed E-state index contributed by atoms with van der Waals surface area (Å²) in [5, 5.41) is 12.7. The first kappa shape index (κ1) is 19.1. The average Bonchev–Trinajstić information content (AvgIpc) is 3.63. The Morgan fingerprint density at radius 1 is 0.395 bits per heavy atom. The van der Waals surface area contributed by atoms with Gasteiger partial charge in [0, 0.05) is 32.3 Å². The zero-order valence-electron chi connectivity index (χ0n) is 20.3. The molecule has 0 unspecified atom stereocenters. The van der Waals surface area contributed by atoms with Gasteiger partial charge in [0.2, 0.25) is 0 Å². The van der Waals surface area contributed by atoms with Gasteiger partial charge in [-0.05, 0) is 69.1 Å². The first-order valence-corrected chi connectivity index (χ1v) is 13.1. The second kappa shape index (κ2) is 6.42. The molecule has 0 spiro atoms. The smallest absolute Gasteiger partial charge is 0.136 e. The summed E-state index contributed by atoms with van der Waals surface area (Å²) < 4.78 is 8.90. The molecule has 0 aliphatic rings. The first-order chi connectivity index (χ1) is 18.8. The second-order valence-electron chi connectivity index (χ2n) is 10.5. The van der Waals surface area contributed by atoms with E-state index in [0.717, 1.165) is 11.2 Å². The van der Waals surface area contributed by atoms with E-state index in [1.165, 1.54) is 81.5 Å². The summed E-state index contributed by atoms with van der Waals surface area (Å²) in [7, 11) is 0. The molecule has 0 N–H and O–H groups in total. The van der Waals surface area contributed by atoms with Gasteiger partial charge in [-0.25, -0.2) is 0 Å². The van der Waals surface area contributed by atoms with Gasteiger partial charge in [0.15, 0.2) is 0 Å². The van der Waals surface area contributed by atoms with E-state index in [1.54, 1.807) is 0 Å². The Morgan fingerprint density at radius 2 is 1.03 bits per heavy atom. The Hall–Kier alpha value is -5.08. The van der Waals surface area contributed by atoms with Gasteiger partial charge >= 0.3 is 0 Å². The average molecular weight is 482 g/mol. The fourth-order valence-corrected chi connectivity index (χ4v) is 7.12. The molecule has 174 valence electrons. The topological polar surface area (TPSA) is 17.6 Å². The third kappa shape index (κ3) is 2.13. The number of aromatic nitrogens is 1. The molecule has 0 amide bonds. The third-order valence-electron chi connectivity index (χ3n) is 8.66. The van der Waals surface area contributed by atoms with Gasteiger partial charge in [-0.3, -0.25) is 0 Å². The van der Waals surface area contributed by atoms with Crippen molar-refractivity contribution < 1.29 is 4.42 Å². The molecular weight excluding hydrogens is 462 g/mol. The minimum Gasteiger partial charge on any atom is -0.456 e. The highest BCUT2D eigenvalue weighted by molar-refractivity contribution is 6.33. The van der Waals surface area contributed by atoms with Gasteiger partial charge in [0.05, 0.1) is 16.6 Å². The molecular formula is C36H19NO. The summed E-state index contributed by atoms with van der Waals surface area (Å²) in [5.74, 6) is 0. The zero-order chi connectivity index (χ0) is 24.5. The summed E-state index contributed by atoms with van der Waals surface area (Å²) in [6.45, 7) is 0. The number of fused-ring (bicyclic) bond motifs is 9. The normalized spacial score (nSPS) is 12.7. The molecule has 3 aromatic heterocycles. The lowest BCUT2D eigenvalue weighted by molar-refractivity contribution is 0.669. The number of para-hydroxylation sites is 2. The van der Waals surface area contributed by atoms with Crippen LogP contribution in [0, 0.1) is 0 Å². The molecule has 0 aliphatic carbocycles. The fourth-order valence-electron chi connectivity index (χ4n) is 7.12. The Balaban J connectivity index is 1.33. The molecule has 0 radical (unpaired) electrons. The predicted molar refractivity (Wildman–Crippen MR) is 160 cm³/mol. The Bertz CT molecular complexity index is 2560. The van der Waals surface area contributed by atoms with Crippen LogP contribution < -0.4 is 0 Å². The lowest BCUT2D eigenvalue weighted by Crippen LogP contribution is -1.85. The molecule has 0 aliphatic heterocycles. The van der Waals surface area contributed by atoms with Crippen molar-refractivity contribution in [1.82, 2.24) is 4.40 Å². The molecule has 2 heteroatoms. The molecule has 2 nitrogen and oxygen atoms in total. The number of furan rings is 1. The van der Waals surface area contributed by atoms with Gasteiger partial charge < -0.3 is 8.82 Å². The van der Waals surface area contributed by atoms with Crippen molar-refractivity contribution in [3.8, 4) is 11.1 Å². The van der Waals surface area contributed by atoms with Gasteiger partial charge in [-0.1, -0.05) is 78.9 Å². The van der Waals surface area contributed by atoms with Gasteiger partial charge in [-0.2, -0.15) is 0 Å². The molecule has 0 saturated heterocycles. The number of nitrogens with zero attached hydrogens (tertiary/aromatic N) is 1. The molecule has 0 saturated carbocycles. The first-order valence-electron chi connectivity index (χ1n) is 13.1. The highest BCUT2D eigenvalue weighted by Gasteiger charge is 2.20. The van der Waals surface area contributed by atoms with Gasteiger partial charge in [0.1, 0.15) is 11.2 Å². The molecule has 0 fully saturated rings. The molecule has 10 rings (SSSR count). The van der Waals surface area contributed by atoms with E-state index < -0.39 is 0 Å². The Kier molecular flexibility index (Phi) is 3.23. The molecule has 38 heavy (non-hydrogen) atoms. The minimum absolute atomic E-state index is 0.953. The second-order valence-corrected chi connectivity index (χ2v) is 10.5. The quantitative estimate of drug-likeness (QED) is 0.213. The standard InChI is InChI=1S/C36H19NO/c1-2-8-23-22(7-1)25-10-6-14-32-34(25)35-29(23)18-21(19-33(35)38-32)20-15-16-31-28(17-20)27-12-5-11-26-24-9-3-4-13-30(24)37(31)36(26)27/h1-19H. The summed E-state index contributed by atoms with van der Waals surface area (Å²) in [5.41, 5.74) is 8.12. The van der Waals surface area contributed by atoms with E-state index in [9.17, 15) is 0 Å². The van der Waals surface area contributed by atoms with Crippen molar-refractivity contribution in [3.63, 3.8) is 0 Å². The largest absolute Gasteiger partial charge is 0.456 e. The van der Waals surface area contributed by atoms with Crippen molar-refractivity contribution in [2.75, 3.05) is 0 Å². The van der Waals surface area contributed by atoms with Crippen LogP contribution in [-0.2, 0) is 0 Å². The summed E-state index contributed by atoms with van der Waals surface area (Å²) >= 11 is 0. The van der Waals surface area contributed by atoms with Crippen LogP contribution in [0.5, 0.6) is 0 Å². The van der Waals surface area contributed by atoms with Crippen molar-refractivity contribution >= 4 is 81.6 Å². The van der Waals surface area contributed by atoms with E-state index in [2.05, 4.69) is 120 Å². The van der Waals surface area contributed by atoms with E-state index in [-0.39, 0.29) is 0 Å². The molecule has 0 bridgehead atoms. The molecule has 0 atom stereocenters. The van der Waals surface area contributed by atoms with Crippen LogP contribution in [0.15, 0.2) is 120 Å². The number of rotatable bonds is 1. The maximum atomic E-state index is 6.47. The van der Waals surface area contributed by atoms with Crippen LogP contribution in [-0.4, -0.2) is 4.40 Å². The highest BCUT2D eigenvalue weighted by atomic mass is 16.3. The summed E-state index contributed by atoms with van der Waals surface area (Å²) in [4.78, 5) is 0. The number of hydrogen-bond donors (Lipinski definition) is 0. The molecule has 10 aromatic rings. The zero-order valence-corrected chi connectivity index (χ0v) is 20.3. The minimum atomic E-state index is 0.953. The monoisotopic (exact) mass is 481 g/mol. The molecule has 7 aromatic carbocycles. The van der Waals surface area contributed by atoms with Crippen molar-refractivity contribution in [2.45, 2.75) is 0 Å². The number of benzene rings is 7. The lowest BCUT2D eigenvalue weighted by atomic mass is 9.92. The van der Waals surface area contributed by atoms with Crippen LogP contribution in [0.1, 0.15) is 0 Å². The van der Waals surface area contributed by atoms with E-state index in [1.807, 2.05) is 0 Å². The van der Waals surface area contributed by atoms with Crippen molar-refractivity contribution in [1.29, 1.82) is 0 Å². The maximum Gasteiger partial charge on any atom is 0.136 e. The van der Waals surface area contributed by atoms with Gasteiger partial charge in [-0.15, -0.1) is 0 Å². The SMILES string of the molecule is c1ccc2c(c1)c1cccc3oc4cc(-c5ccc6c(c5)c5cccc7c8ccccc8n6c75)cc2c4c31. The van der Waals surface area contributed by atoms with Gasteiger partial charge in [0.25, 0.3) is 0 Å². The highest BCUT2D eigenvalue weighted by Crippen LogP contribution is 2.45. The molecule has 3 heterocycles.